The van der Waals surface area contributed by atoms with Gasteiger partial charge in [0, 0.05) is 25.0 Å². The Labute approximate surface area is 164 Å². The van der Waals surface area contributed by atoms with Gasteiger partial charge in [0.2, 0.25) is 11.8 Å². The van der Waals surface area contributed by atoms with Crippen LogP contribution in [-0.4, -0.2) is 47.9 Å². The fourth-order valence-corrected chi connectivity index (χ4v) is 4.65. The van der Waals surface area contributed by atoms with Gasteiger partial charge in [-0.15, -0.1) is 0 Å². The maximum Gasteiger partial charge on any atom is 0.239 e. The van der Waals surface area contributed by atoms with Crippen LogP contribution in [-0.2, 0) is 9.59 Å². The minimum Gasteiger partial charge on any atom is -0.352 e. The average Bonchev–Trinajstić information content (AvgIpc) is 3.04. The lowest BCUT2D eigenvalue weighted by molar-refractivity contribution is -0.132. The minimum absolute atomic E-state index is 0.0226. The Bertz CT molecular complexity index is 549. The SMILES string of the molecule is CC(C)(C)C[C@H](N)C(=O)N[C@H]1CC[C@@H]2CN(C(=O)[C@@H](N)CC(C)(C)C)C[C@@H]21. The van der Waals surface area contributed by atoms with Gasteiger partial charge in [-0.05, 0) is 42.4 Å². The van der Waals surface area contributed by atoms with Crippen LogP contribution in [0.3, 0.4) is 0 Å². The van der Waals surface area contributed by atoms with Crippen molar-refractivity contribution < 1.29 is 9.59 Å². The van der Waals surface area contributed by atoms with Crippen LogP contribution in [0.5, 0.6) is 0 Å². The highest BCUT2D eigenvalue weighted by atomic mass is 16.2. The van der Waals surface area contributed by atoms with E-state index in [1.165, 1.54) is 0 Å². The summed E-state index contributed by atoms with van der Waals surface area (Å²) in [6.07, 6.45) is 3.35. The molecule has 1 saturated heterocycles. The van der Waals surface area contributed by atoms with E-state index in [4.69, 9.17) is 11.5 Å². The molecule has 1 saturated carbocycles. The number of fused-ring (bicyclic) bond motifs is 1. The maximum absolute atomic E-state index is 12.7. The molecule has 0 radical (unpaired) electrons. The van der Waals surface area contributed by atoms with Crippen LogP contribution in [0.1, 0.15) is 67.2 Å². The van der Waals surface area contributed by atoms with Crippen LogP contribution in [0.4, 0.5) is 0 Å². The molecule has 2 rings (SSSR count). The molecule has 1 aliphatic carbocycles. The lowest BCUT2D eigenvalue weighted by Gasteiger charge is -2.28. The molecule has 0 unspecified atom stereocenters. The lowest BCUT2D eigenvalue weighted by Crippen LogP contribution is -2.49. The zero-order valence-electron chi connectivity index (χ0n) is 18.0. The van der Waals surface area contributed by atoms with Crippen molar-refractivity contribution in [2.75, 3.05) is 13.1 Å². The number of nitrogens with zero attached hydrogens (tertiary/aromatic N) is 1. The smallest absolute Gasteiger partial charge is 0.239 e. The molecule has 2 fully saturated rings. The second-order valence-electron chi connectivity index (χ2n) is 11.1. The fraction of sp³-hybridized carbons (Fsp3) is 0.905. The fourth-order valence-electron chi connectivity index (χ4n) is 4.65. The highest BCUT2D eigenvalue weighted by Gasteiger charge is 2.45. The monoisotopic (exact) mass is 380 g/mol. The Kier molecular flexibility index (Phi) is 6.63. The predicted molar refractivity (Wildman–Crippen MR) is 109 cm³/mol. The first kappa shape index (κ1) is 22.2. The zero-order chi connectivity index (χ0) is 20.6. The number of amides is 2. The highest BCUT2D eigenvalue weighted by Crippen LogP contribution is 2.38. The third-order valence-corrected chi connectivity index (χ3v) is 5.81. The van der Waals surface area contributed by atoms with E-state index in [0.717, 1.165) is 19.4 Å². The highest BCUT2D eigenvalue weighted by molar-refractivity contribution is 5.83. The zero-order valence-corrected chi connectivity index (χ0v) is 18.0. The molecule has 27 heavy (non-hydrogen) atoms. The Morgan fingerprint density at radius 2 is 1.52 bits per heavy atom. The summed E-state index contributed by atoms with van der Waals surface area (Å²) in [4.78, 5) is 27.2. The van der Waals surface area contributed by atoms with E-state index in [1.807, 2.05) is 4.90 Å². The average molecular weight is 381 g/mol. The number of hydrogen-bond donors (Lipinski definition) is 3. The molecule has 0 bridgehead atoms. The summed E-state index contributed by atoms with van der Waals surface area (Å²) in [5, 5.41) is 3.17. The van der Waals surface area contributed by atoms with Gasteiger partial charge in [-0.1, -0.05) is 41.5 Å². The topological polar surface area (TPSA) is 101 Å². The molecule has 0 aromatic rings. The van der Waals surface area contributed by atoms with Gasteiger partial charge in [-0.2, -0.15) is 0 Å². The molecule has 6 heteroatoms. The van der Waals surface area contributed by atoms with Crippen LogP contribution >= 0.6 is 0 Å². The summed E-state index contributed by atoms with van der Waals surface area (Å²) in [6, 6.07) is -0.814. The number of nitrogens with one attached hydrogen (secondary N) is 1. The van der Waals surface area contributed by atoms with Gasteiger partial charge in [-0.25, -0.2) is 0 Å². The largest absolute Gasteiger partial charge is 0.352 e. The molecule has 0 aromatic carbocycles. The number of likely N-dealkylation sites (tertiary alicyclic amines) is 1. The second-order valence-corrected chi connectivity index (χ2v) is 11.1. The van der Waals surface area contributed by atoms with E-state index in [2.05, 4.69) is 46.9 Å². The van der Waals surface area contributed by atoms with Gasteiger partial charge in [-0.3, -0.25) is 9.59 Å². The summed E-state index contributed by atoms with van der Waals surface area (Å²) < 4.78 is 0. The molecule has 2 aliphatic rings. The van der Waals surface area contributed by atoms with Crippen molar-refractivity contribution in [2.45, 2.75) is 85.4 Å². The summed E-state index contributed by atoms with van der Waals surface area (Å²) in [6.45, 7) is 14.0. The third kappa shape index (κ3) is 6.18. The molecule has 6 nitrogen and oxygen atoms in total. The standard InChI is InChI=1S/C21H40N4O2/c1-20(2,3)9-15(22)18(26)24-17-8-7-13-11-25(12-14(13)17)19(27)16(23)10-21(4,5)6/h13-17H,7-12,22-23H2,1-6H3,(H,24,26)/t13-,14+,15+,16+,17+/m1/s1. The summed E-state index contributed by atoms with van der Waals surface area (Å²) in [5.74, 6) is 0.764. The van der Waals surface area contributed by atoms with Crippen molar-refractivity contribution in [2.24, 2.45) is 34.1 Å². The number of carbonyl (C=O) groups is 2. The van der Waals surface area contributed by atoms with E-state index in [1.54, 1.807) is 0 Å². The van der Waals surface area contributed by atoms with Crippen molar-refractivity contribution >= 4 is 11.8 Å². The number of rotatable bonds is 5. The molecule has 5 atom stereocenters. The number of carbonyl (C=O) groups excluding carboxylic acids is 2. The quantitative estimate of drug-likeness (QED) is 0.677. The Morgan fingerprint density at radius 1 is 0.963 bits per heavy atom. The van der Waals surface area contributed by atoms with Gasteiger partial charge in [0.1, 0.15) is 0 Å². The number of hydrogen-bond acceptors (Lipinski definition) is 4. The summed E-state index contributed by atoms with van der Waals surface area (Å²) in [5.41, 5.74) is 12.3. The van der Waals surface area contributed by atoms with Gasteiger partial charge in [0.15, 0.2) is 0 Å². The first-order valence-corrected chi connectivity index (χ1v) is 10.4. The van der Waals surface area contributed by atoms with Crippen LogP contribution < -0.4 is 16.8 Å². The third-order valence-electron chi connectivity index (χ3n) is 5.81. The van der Waals surface area contributed by atoms with Crippen molar-refractivity contribution in [1.82, 2.24) is 10.2 Å². The first-order valence-electron chi connectivity index (χ1n) is 10.4. The van der Waals surface area contributed by atoms with Gasteiger partial charge in [0.05, 0.1) is 12.1 Å². The Balaban J connectivity index is 1.91. The van der Waals surface area contributed by atoms with Crippen molar-refractivity contribution in [3.63, 3.8) is 0 Å². The maximum atomic E-state index is 12.7. The molecule has 156 valence electrons. The summed E-state index contributed by atoms with van der Waals surface area (Å²) >= 11 is 0. The van der Waals surface area contributed by atoms with Crippen LogP contribution in [0, 0.1) is 22.7 Å². The molecular weight excluding hydrogens is 340 g/mol. The molecular formula is C21H40N4O2. The first-order chi connectivity index (χ1) is 12.3. The lowest BCUT2D eigenvalue weighted by atomic mass is 9.88. The molecule has 0 spiro atoms. The Morgan fingerprint density at radius 3 is 2.07 bits per heavy atom. The van der Waals surface area contributed by atoms with Crippen molar-refractivity contribution in [3.05, 3.63) is 0 Å². The molecule has 5 N–H and O–H groups in total. The number of nitrogens with two attached hydrogens (primary N) is 2. The van der Waals surface area contributed by atoms with E-state index < -0.39 is 12.1 Å². The molecule has 0 aromatic heterocycles. The molecule has 1 heterocycles. The van der Waals surface area contributed by atoms with Crippen LogP contribution in [0.25, 0.3) is 0 Å². The van der Waals surface area contributed by atoms with Crippen LogP contribution in [0.15, 0.2) is 0 Å². The van der Waals surface area contributed by atoms with E-state index in [-0.39, 0.29) is 28.7 Å². The normalized spacial score (nSPS) is 28.0. The van der Waals surface area contributed by atoms with Crippen LogP contribution in [0.2, 0.25) is 0 Å². The van der Waals surface area contributed by atoms with E-state index >= 15 is 0 Å². The van der Waals surface area contributed by atoms with Gasteiger partial charge in [0.25, 0.3) is 0 Å². The predicted octanol–water partition coefficient (Wildman–Crippen LogP) is 1.87. The van der Waals surface area contributed by atoms with E-state index in [9.17, 15) is 9.59 Å². The minimum atomic E-state index is -0.483. The van der Waals surface area contributed by atoms with Gasteiger partial charge >= 0.3 is 0 Å². The van der Waals surface area contributed by atoms with E-state index in [0.29, 0.717) is 31.2 Å². The Hall–Kier alpha value is -1.14. The summed E-state index contributed by atoms with van der Waals surface area (Å²) in [7, 11) is 0. The molecule has 1 aliphatic heterocycles. The van der Waals surface area contributed by atoms with Gasteiger partial charge < -0.3 is 21.7 Å². The van der Waals surface area contributed by atoms with Crippen molar-refractivity contribution in [3.8, 4) is 0 Å². The molecule has 2 amide bonds. The van der Waals surface area contributed by atoms with Crippen molar-refractivity contribution in [1.29, 1.82) is 0 Å². The second kappa shape index (κ2) is 8.08.